The fraction of sp³-hybridized carbons (Fsp3) is 0.846. The summed E-state index contributed by atoms with van der Waals surface area (Å²) in [6, 6.07) is 0.339. The average Bonchev–Trinajstić information content (AvgIpc) is 3.04. The molecule has 0 aromatic heterocycles. The smallest absolute Gasteiger partial charge is 0.225 e. The molecule has 1 aliphatic carbocycles. The molecule has 5 heteroatoms. The number of nitrogens with zero attached hydrogens (tertiary/aromatic N) is 1. The van der Waals surface area contributed by atoms with Crippen molar-refractivity contribution in [2.45, 2.75) is 57.7 Å². The van der Waals surface area contributed by atoms with Gasteiger partial charge < -0.3 is 15.3 Å². The Morgan fingerprint density at radius 3 is 2.72 bits per heavy atom. The predicted octanol–water partition coefficient (Wildman–Crippen LogP) is 0.273. The first-order valence-corrected chi connectivity index (χ1v) is 6.74. The number of hydrogen-bond acceptors (Lipinski definition) is 3. The van der Waals surface area contributed by atoms with Crippen molar-refractivity contribution in [2.75, 3.05) is 6.54 Å². The zero-order valence-electron chi connectivity index (χ0n) is 11.1. The maximum Gasteiger partial charge on any atom is 0.225 e. The van der Waals surface area contributed by atoms with Crippen molar-refractivity contribution in [3.63, 3.8) is 0 Å². The van der Waals surface area contributed by atoms with E-state index in [1.165, 1.54) is 0 Å². The highest BCUT2D eigenvalue weighted by atomic mass is 16.3. The Balaban J connectivity index is 1.76. The Kier molecular flexibility index (Phi) is 3.90. The molecule has 102 valence electrons. The molecule has 0 aromatic carbocycles. The van der Waals surface area contributed by atoms with Crippen molar-refractivity contribution in [3.05, 3.63) is 0 Å². The topological polar surface area (TPSA) is 69.6 Å². The first kappa shape index (κ1) is 13.3. The summed E-state index contributed by atoms with van der Waals surface area (Å²) >= 11 is 0. The Morgan fingerprint density at radius 2 is 2.17 bits per heavy atom. The second-order valence-corrected chi connectivity index (χ2v) is 5.76. The molecule has 1 saturated carbocycles. The van der Waals surface area contributed by atoms with Crippen molar-refractivity contribution in [2.24, 2.45) is 5.92 Å². The zero-order chi connectivity index (χ0) is 13.3. The molecule has 1 heterocycles. The lowest BCUT2D eigenvalue weighted by molar-refractivity contribution is -0.128. The first-order valence-electron chi connectivity index (χ1n) is 6.74. The number of likely N-dealkylation sites (tertiary alicyclic amines) is 1. The summed E-state index contributed by atoms with van der Waals surface area (Å²) in [4.78, 5) is 25.3. The first-order chi connectivity index (χ1) is 8.47. The third-order valence-corrected chi connectivity index (χ3v) is 3.68. The SMILES string of the molecule is CC(C)C(O)CC(=O)NC1CC(=O)N(C2CC2)C1. The van der Waals surface area contributed by atoms with Crippen molar-refractivity contribution in [3.8, 4) is 0 Å². The van der Waals surface area contributed by atoms with Gasteiger partial charge in [-0.25, -0.2) is 0 Å². The van der Waals surface area contributed by atoms with E-state index < -0.39 is 6.10 Å². The van der Waals surface area contributed by atoms with Crippen molar-refractivity contribution < 1.29 is 14.7 Å². The number of carbonyl (C=O) groups excluding carboxylic acids is 2. The van der Waals surface area contributed by atoms with Gasteiger partial charge >= 0.3 is 0 Å². The Hall–Kier alpha value is -1.10. The van der Waals surface area contributed by atoms with Crippen LogP contribution < -0.4 is 5.32 Å². The summed E-state index contributed by atoms with van der Waals surface area (Å²) in [5.74, 6) is 0.0581. The molecule has 5 nitrogen and oxygen atoms in total. The quantitative estimate of drug-likeness (QED) is 0.740. The molecule has 2 unspecified atom stereocenters. The van der Waals surface area contributed by atoms with Gasteiger partial charge in [-0.1, -0.05) is 13.8 Å². The summed E-state index contributed by atoms with van der Waals surface area (Å²) in [5.41, 5.74) is 0. The second-order valence-electron chi connectivity index (χ2n) is 5.76. The number of nitrogens with one attached hydrogen (secondary N) is 1. The second kappa shape index (κ2) is 5.26. The van der Waals surface area contributed by atoms with E-state index in [1.54, 1.807) is 0 Å². The fourth-order valence-corrected chi connectivity index (χ4v) is 2.28. The molecule has 1 aliphatic heterocycles. The van der Waals surface area contributed by atoms with Gasteiger partial charge in [0, 0.05) is 19.0 Å². The maximum atomic E-state index is 11.7. The van der Waals surface area contributed by atoms with Gasteiger partial charge in [0.15, 0.2) is 0 Å². The highest BCUT2D eigenvalue weighted by molar-refractivity contribution is 5.82. The number of aliphatic hydroxyl groups excluding tert-OH is 1. The van der Waals surface area contributed by atoms with Crippen LogP contribution in [0.3, 0.4) is 0 Å². The summed E-state index contributed by atoms with van der Waals surface area (Å²) in [6.45, 7) is 4.39. The fourth-order valence-electron chi connectivity index (χ4n) is 2.28. The average molecular weight is 254 g/mol. The molecule has 1 saturated heterocycles. The number of hydrogen-bond donors (Lipinski definition) is 2. The van der Waals surface area contributed by atoms with Crippen LogP contribution in [0.5, 0.6) is 0 Å². The van der Waals surface area contributed by atoms with Crippen molar-refractivity contribution in [1.82, 2.24) is 10.2 Å². The van der Waals surface area contributed by atoms with Gasteiger partial charge in [-0.15, -0.1) is 0 Å². The van der Waals surface area contributed by atoms with Crippen LogP contribution in [0.2, 0.25) is 0 Å². The third-order valence-electron chi connectivity index (χ3n) is 3.68. The molecule has 2 rings (SSSR count). The predicted molar refractivity (Wildman–Crippen MR) is 66.7 cm³/mol. The van der Waals surface area contributed by atoms with Crippen LogP contribution in [0.1, 0.15) is 39.5 Å². The molecule has 0 radical (unpaired) electrons. The number of carbonyl (C=O) groups is 2. The van der Waals surface area contributed by atoms with E-state index in [4.69, 9.17) is 0 Å². The highest BCUT2D eigenvalue weighted by Crippen LogP contribution is 2.30. The van der Waals surface area contributed by atoms with Gasteiger partial charge in [0.1, 0.15) is 0 Å². The molecule has 0 spiro atoms. The number of rotatable bonds is 5. The molecule has 18 heavy (non-hydrogen) atoms. The summed E-state index contributed by atoms with van der Waals surface area (Å²) in [5, 5.41) is 12.5. The van der Waals surface area contributed by atoms with Crippen molar-refractivity contribution in [1.29, 1.82) is 0 Å². The Morgan fingerprint density at radius 1 is 1.50 bits per heavy atom. The van der Waals surface area contributed by atoms with Gasteiger partial charge in [0.25, 0.3) is 0 Å². The minimum absolute atomic E-state index is 0.0731. The van der Waals surface area contributed by atoms with Crippen LogP contribution in [0.4, 0.5) is 0 Å². The Bertz CT molecular complexity index is 339. The van der Waals surface area contributed by atoms with Gasteiger partial charge in [-0.3, -0.25) is 9.59 Å². The van der Waals surface area contributed by atoms with Gasteiger partial charge in [0.2, 0.25) is 11.8 Å². The van der Waals surface area contributed by atoms with Crippen LogP contribution in [0.15, 0.2) is 0 Å². The molecule has 0 aromatic rings. The van der Waals surface area contributed by atoms with E-state index >= 15 is 0 Å². The van der Waals surface area contributed by atoms with E-state index in [0.717, 1.165) is 12.8 Å². The molecule has 2 aliphatic rings. The lowest BCUT2D eigenvalue weighted by atomic mass is 10.0. The van der Waals surface area contributed by atoms with Crippen molar-refractivity contribution >= 4 is 11.8 Å². The molecular weight excluding hydrogens is 232 g/mol. The number of amides is 2. The molecular formula is C13H22N2O3. The summed E-state index contributed by atoms with van der Waals surface area (Å²) in [6.07, 6.45) is 2.10. The largest absolute Gasteiger partial charge is 0.392 e. The molecule has 0 bridgehead atoms. The molecule has 2 N–H and O–H groups in total. The lowest BCUT2D eigenvalue weighted by Gasteiger charge is -2.18. The van der Waals surface area contributed by atoms with E-state index in [1.807, 2.05) is 18.7 Å². The van der Waals surface area contributed by atoms with E-state index in [2.05, 4.69) is 5.32 Å². The standard InChI is InChI=1S/C13H22N2O3/c1-8(2)11(16)6-12(17)14-9-5-13(18)15(7-9)10-3-4-10/h8-11,16H,3-7H2,1-2H3,(H,14,17). The normalized spacial score (nSPS) is 25.7. The van der Waals surface area contributed by atoms with Crippen LogP contribution in [-0.2, 0) is 9.59 Å². The number of aliphatic hydroxyl groups is 1. The third kappa shape index (κ3) is 3.22. The minimum Gasteiger partial charge on any atom is -0.392 e. The van der Waals surface area contributed by atoms with Crippen LogP contribution >= 0.6 is 0 Å². The Labute approximate surface area is 108 Å². The summed E-state index contributed by atoms with van der Waals surface area (Å²) < 4.78 is 0. The minimum atomic E-state index is -0.610. The van der Waals surface area contributed by atoms with Crippen LogP contribution in [-0.4, -0.2) is 46.6 Å². The van der Waals surface area contributed by atoms with Gasteiger partial charge in [0.05, 0.1) is 18.6 Å². The van der Waals surface area contributed by atoms with Gasteiger partial charge in [-0.2, -0.15) is 0 Å². The zero-order valence-corrected chi connectivity index (χ0v) is 11.1. The summed E-state index contributed by atoms with van der Waals surface area (Å²) in [7, 11) is 0. The highest BCUT2D eigenvalue weighted by Gasteiger charge is 2.39. The van der Waals surface area contributed by atoms with Crippen LogP contribution in [0, 0.1) is 5.92 Å². The van der Waals surface area contributed by atoms with E-state index in [0.29, 0.717) is 19.0 Å². The molecule has 2 atom stereocenters. The lowest BCUT2D eigenvalue weighted by Crippen LogP contribution is -2.39. The molecule has 2 fully saturated rings. The van der Waals surface area contributed by atoms with Gasteiger partial charge in [-0.05, 0) is 18.8 Å². The van der Waals surface area contributed by atoms with Crippen LogP contribution in [0.25, 0.3) is 0 Å². The van der Waals surface area contributed by atoms with E-state index in [-0.39, 0.29) is 30.2 Å². The monoisotopic (exact) mass is 254 g/mol. The van der Waals surface area contributed by atoms with E-state index in [9.17, 15) is 14.7 Å². The molecule has 2 amide bonds. The maximum absolute atomic E-state index is 11.7.